The summed E-state index contributed by atoms with van der Waals surface area (Å²) in [6.45, 7) is 2.14. The lowest BCUT2D eigenvalue weighted by atomic mass is 10.1. The van der Waals surface area contributed by atoms with Gasteiger partial charge in [0, 0.05) is 33.0 Å². The SMILES string of the molecule is COC1C(OP(C)(=O)Oc2ccc(COC(C)=O)cc2)[C@@H](CO)O[C@H]1n1ccc(=O)[nH]c1=O. The van der Waals surface area contributed by atoms with Crippen molar-refractivity contribution in [2.75, 3.05) is 20.4 Å². The molecule has 0 radical (unpaired) electrons. The van der Waals surface area contributed by atoms with Gasteiger partial charge in [-0.15, -0.1) is 0 Å². The Hall–Kier alpha value is -2.76. The number of ether oxygens (including phenoxy) is 3. The fraction of sp³-hybridized carbons (Fsp3) is 0.450. The zero-order valence-electron chi connectivity index (χ0n) is 18.2. The van der Waals surface area contributed by atoms with Crippen LogP contribution >= 0.6 is 7.60 Å². The van der Waals surface area contributed by atoms with Crippen LogP contribution in [0.5, 0.6) is 5.75 Å². The molecule has 0 bridgehead atoms. The lowest BCUT2D eigenvalue weighted by Crippen LogP contribution is -2.39. The highest BCUT2D eigenvalue weighted by atomic mass is 31.2. The van der Waals surface area contributed by atoms with Crippen LogP contribution in [0.3, 0.4) is 0 Å². The molecule has 1 aliphatic rings. The highest BCUT2D eigenvalue weighted by Crippen LogP contribution is 2.49. The molecule has 0 spiro atoms. The molecule has 3 unspecified atom stereocenters. The predicted molar refractivity (Wildman–Crippen MR) is 114 cm³/mol. The summed E-state index contributed by atoms with van der Waals surface area (Å²) >= 11 is 0. The third-order valence-corrected chi connectivity index (χ3v) is 5.98. The summed E-state index contributed by atoms with van der Waals surface area (Å²) in [6.07, 6.45) is -2.81. The number of carbonyl (C=O) groups is 1. The average molecular weight is 484 g/mol. The van der Waals surface area contributed by atoms with Gasteiger partial charge < -0.3 is 23.8 Å². The topological polar surface area (TPSA) is 155 Å². The summed E-state index contributed by atoms with van der Waals surface area (Å²) in [5.41, 5.74) is -0.612. The van der Waals surface area contributed by atoms with E-state index in [2.05, 4.69) is 4.98 Å². The Labute approximate surface area is 188 Å². The maximum atomic E-state index is 13.1. The molecule has 1 aromatic carbocycles. The van der Waals surface area contributed by atoms with Crippen molar-refractivity contribution < 1.29 is 37.7 Å². The first kappa shape index (κ1) is 24.9. The Morgan fingerprint density at radius 1 is 1.21 bits per heavy atom. The van der Waals surface area contributed by atoms with E-state index in [4.69, 9.17) is 23.3 Å². The molecule has 0 aliphatic carbocycles. The number of esters is 1. The van der Waals surface area contributed by atoms with Crippen molar-refractivity contribution in [3.8, 4) is 5.75 Å². The first-order valence-electron chi connectivity index (χ1n) is 9.92. The maximum absolute atomic E-state index is 13.1. The van der Waals surface area contributed by atoms with Crippen LogP contribution in [0.2, 0.25) is 0 Å². The van der Waals surface area contributed by atoms with Gasteiger partial charge in [0.15, 0.2) is 6.23 Å². The third kappa shape index (κ3) is 6.18. The molecule has 3 rings (SSSR count). The first-order chi connectivity index (χ1) is 15.6. The molecule has 33 heavy (non-hydrogen) atoms. The monoisotopic (exact) mass is 484 g/mol. The number of carbonyl (C=O) groups excluding carboxylic acids is 1. The van der Waals surface area contributed by atoms with Crippen LogP contribution in [-0.2, 0) is 34.7 Å². The number of hydrogen-bond acceptors (Lipinski definition) is 10. The van der Waals surface area contributed by atoms with E-state index in [1.165, 1.54) is 26.9 Å². The van der Waals surface area contributed by atoms with Crippen molar-refractivity contribution >= 4 is 13.6 Å². The van der Waals surface area contributed by atoms with Crippen molar-refractivity contribution in [1.29, 1.82) is 0 Å². The van der Waals surface area contributed by atoms with E-state index in [-0.39, 0.29) is 12.4 Å². The van der Waals surface area contributed by atoms with Crippen molar-refractivity contribution in [1.82, 2.24) is 9.55 Å². The van der Waals surface area contributed by atoms with Crippen LogP contribution in [0.1, 0.15) is 18.7 Å². The van der Waals surface area contributed by atoms with Crippen molar-refractivity contribution in [3.63, 3.8) is 0 Å². The first-order valence-corrected chi connectivity index (χ1v) is 11.9. The number of hydrogen-bond donors (Lipinski definition) is 2. The van der Waals surface area contributed by atoms with E-state index < -0.39 is 56.0 Å². The molecule has 1 saturated heterocycles. The van der Waals surface area contributed by atoms with E-state index in [1.807, 2.05) is 0 Å². The number of aliphatic hydroxyl groups is 1. The maximum Gasteiger partial charge on any atom is 0.376 e. The van der Waals surface area contributed by atoms with Gasteiger partial charge in [0.25, 0.3) is 5.56 Å². The highest BCUT2D eigenvalue weighted by molar-refractivity contribution is 7.53. The summed E-state index contributed by atoms with van der Waals surface area (Å²) in [5, 5.41) is 9.76. The number of methoxy groups -OCH3 is 1. The Kier molecular flexibility index (Phi) is 7.88. The van der Waals surface area contributed by atoms with Gasteiger partial charge in [-0.2, -0.15) is 0 Å². The predicted octanol–water partition coefficient (Wildman–Crippen LogP) is 0.792. The number of benzene rings is 1. The van der Waals surface area contributed by atoms with Gasteiger partial charge in [0.2, 0.25) is 0 Å². The van der Waals surface area contributed by atoms with Gasteiger partial charge in [0.1, 0.15) is 30.7 Å². The van der Waals surface area contributed by atoms with E-state index in [0.717, 1.165) is 10.6 Å². The standard InChI is InChI=1S/C20H25N2O10P/c1-12(24)29-11-13-4-6-14(7-5-13)31-33(3,27)32-17-15(10-23)30-19(18(17)28-2)22-9-8-16(25)21-20(22)26/h4-9,15,17-19,23H,10-11H2,1-3H3,(H,21,25,26)/t15-,17?,18?,19-,33?/m1/s1. The molecule has 13 heteroatoms. The lowest BCUT2D eigenvalue weighted by Gasteiger charge is -2.26. The van der Waals surface area contributed by atoms with Crippen molar-refractivity contribution in [3.05, 3.63) is 62.9 Å². The molecule has 1 aromatic heterocycles. The quantitative estimate of drug-likeness (QED) is 0.385. The zero-order valence-corrected chi connectivity index (χ0v) is 19.1. The molecular formula is C20H25N2O10P. The number of nitrogens with one attached hydrogen (secondary N) is 1. The molecule has 2 aromatic rings. The second-order valence-electron chi connectivity index (χ2n) is 7.32. The summed E-state index contributed by atoms with van der Waals surface area (Å²) in [5.74, 6) is -0.164. The van der Waals surface area contributed by atoms with Gasteiger partial charge in [-0.3, -0.25) is 23.7 Å². The third-order valence-electron chi connectivity index (χ3n) is 4.81. The molecular weight excluding hydrogens is 459 g/mol. The van der Waals surface area contributed by atoms with E-state index in [1.54, 1.807) is 24.3 Å². The number of aliphatic hydroxyl groups excluding tert-OH is 1. The minimum absolute atomic E-state index is 0.0918. The Balaban J connectivity index is 1.75. The van der Waals surface area contributed by atoms with Crippen LogP contribution in [0, 0.1) is 0 Å². The minimum Gasteiger partial charge on any atom is -0.461 e. The van der Waals surface area contributed by atoms with Crippen LogP contribution in [0.25, 0.3) is 0 Å². The summed E-state index contributed by atoms with van der Waals surface area (Å²) in [6, 6.07) is 7.51. The number of aromatic amines is 1. The Morgan fingerprint density at radius 2 is 1.91 bits per heavy atom. The molecule has 0 amide bonds. The molecule has 5 atom stereocenters. The number of nitrogens with zero attached hydrogens (tertiary/aromatic N) is 1. The molecule has 2 N–H and O–H groups in total. The number of rotatable bonds is 9. The molecule has 12 nitrogen and oxygen atoms in total. The highest BCUT2D eigenvalue weighted by Gasteiger charge is 2.49. The molecule has 180 valence electrons. The minimum atomic E-state index is -3.75. The van der Waals surface area contributed by atoms with Gasteiger partial charge >= 0.3 is 19.3 Å². The van der Waals surface area contributed by atoms with E-state index >= 15 is 0 Å². The van der Waals surface area contributed by atoms with Gasteiger partial charge in [-0.05, 0) is 17.7 Å². The Bertz CT molecular complexity index is 1130. The summed E-state index contributed by atoms with van der Waals surface area (Å²) < 4.78 is 41.5. The number of H-pyrrole nitrogens is 1. The fourth-order valence-electron chi connectivity index (χ4n) is 3.35. The molecule has 0 saturated carbocycles. The zero-order chi connectivity index (χ0) is 24.2. The largest absolute Gasteiger partial charge is 0.461 e. The number of aromatic nitrogens is 2. The molecule has 1 aliphatic heterocycles. The van der Waals surface area contributed by atoms with Gasteiger partial charge in [-0.25, -0.2) is 9.36 Å². The summed E-state index contributed by atoms with van der Waals surface area (Å²) in [7, 11) is -2.41. The Morgan fingerprint density at radius 3 is 2.48 bits per heavy atom. The van der Waals surface area contributed by atoms with Gasteiger partial charge in [-0.1, -0.05) is 12.1 Å². The van der Waals surface area contributed by atoms with Gasteiger partial charge in [0.05, 0.1) is 6.61 Å². The summed E-state index contributed by atoms with van der Waals surface area (Å²) in [4.78, 5) is 36.6. The van der Waals surface area contributed by atoms with Crippen LogP contribution in [0.4, 0.5) is 0 Å². The van der Waals surface area contributed by atoms with Crippen LogP contribution in [-0.4, -0.2) is 59.3 Å². The molecule has 2 heterocycles. The fourth-order valence-corrected chi connectivity index (χ4v) is 4.60. The van der Waals surface area contributed by atoms with Crippen LogP contribution < -0.4 is 15.8 Å². The normalized spacial score (nSPS) is 24.2. The second-order valence-corrected chi connectivity index (χ2v) is 9.26. The second kappa shape index (κ2) is 10.4. The van der Waals surface area contributed by atoms with E-state index in [0.29, 0.717) is 5.56 Å². The molecule has 1 fully saturated rings. The van der Waals surface area contributed by atoms with Crippen LogP contribution in [0.15, 0.2) is 46.1 Å². The van der Waals surface area contributed by atoms with E-state index in [9.17, 15) is 24.1 Å². The average Bonchev–Trinajstić information content (AvgIpc) is 3.09. The smallest absolute Gasteiger partial charge is 0.376 e. The lowest BCUT2D eigenvalue weighted by molar-refractivity contribution is -0.142. The van der Waals surface area contributed by atoms with Crippen molar-refractivity contribution in [2.45, 2.75) is 38.1 Å². The van der Waals surface area contributed by atoms with Crippen molar-refractivity contribution in [2.24, 2.45) is 0 Å².